The summed E-state index contributed by atoms with van der Waals surface area (Å²) in [4.78, 5) is 6.78. The lowest BCUT2D eigenvalue weighted by Crippen LogP contribution is -2.19. The minimum atomic E-state index is 0.671. The van der Waals surface area contributed by atoms with Crippen LogP contribution in [-0.2, 0) is 7.05 Å². The van der Waals surface area contributed by atoms with Crippen LogP contribution in [0.15, 0.2) is 48.5 Å². The largest absolute Gasteiger partial charge is 0.492 e. The van der Waals surface area contributed by atoms with Gasteiger partial charge in [0.25, 0.3) is 0 Å². The number of hydrogen-bond donors (Lipinski definition) is 0. The number of fused-ring (bicyclic) bond motifs is 1. The summed E-state index contributed by atoms with van der Waals surface area (Å²) in [5, 5.41) is 0. The third-order valence-corrected chi connectivity index (χ3v) is 3.95. The average molecular weight is 321 g/mol. The number of para-hydroxylation sites is 3. The van der Waals surface area contributed by atoms with Crippen LogP contribution in [-0.4, -0.2) is 41.7 Å². The van der Waals surface area contributed by atoms with Crippen molar-refractivity contribution in [2.45, 2.75) is 0 Å². The minimum Gasteiger partial charge on any atom is -0.492 e. The molecule has 124 valence electrons. The molecule has 0 saturated heterocycles. The molecule has 0 spiro atoms. The highest BCUT2D eigenvalue weighted by Crippen LogP contribution is 2.21. The Hall–Kier alpha value is -2.59. The molecule has 0 amide bonds. The van der Waals surface area contributed by atoms with Crippen molar-refractivity contribution >= 4 is 23.2 Å². The predicted molar refractivity (Wildman–Crippen MR) is 100 cm³/mol. The maximum Gasteiger partial charge on any atom is 0.133 e. The summed E-state index contributed by atoms with van der Waals surface area (Å²) in [6.07, 6.45) is 4.10. The third kappa shape index (κ3) is 3.66. The summed E-state index contributed by atoms with van der Waals surface area (Å²) < 4.78 is 8.00. The van der Waals surface area contributed by atoms with Crippen LogP contribution in [0.4, 0.5) is 0 Å². The lowest BCUT2D eigenvalue weighted by Gasteiger charge is -2.12. The van der Waals surface area contributed by atoms with Gasteiger partial charge in [-0.05, 0) is 44.4 Å². The second-order valence-electron chi connectivity index (χ2n) is 6.04. The van der Waals surface area contributed by atoms with Crippen LogP contribution in [0, 0.1) is 0 Å². The number of hydrogen-bond acceptors (Lipinski definition) is 3. The number of nitrogens with zero attached hydrogens (tertiary/aromatic N) is 3. The van der Waals surface area contributed by atoms with E-state index in [4.69, 9.17) is 4.74 Å². The lowest BCUT2D eigenvalue weighted by molar-refractivity contribution is 0.261. The Morgan fingerprint density at radius 1 is 1.04 bits per heavy atom. The normalized spacial score (nSPS) is 11.7. The van der Waals surface area contributed by atoms with E-state index in [-0.39, 0.29) is 0 Å². The molecule has 1 aromatic heterocycles. The number of ether oxygens (including phenoxy) is 1. The maximum absolute atomic E-state index is 5.91. The SMILES string of the molecule is CN(C)CCOc1ccccc1C=Cc1nc2ccccc2n1C. The first-order valence-corrected chi connectivity index (χ1v) is 8.11. The van der Waals surface area contributed by atoms with Gasteiger partial charge in [-0.3, -0.25) is 0 Å². The van der Waals surface area contributed by atoms with E-state index < -0.39 is 0 Å². The molecule has 0 unspecified atom stereocenters. The Balaban J connectivity index is 1.82. The summed E-state index contributed by atoms with van der Waals surface area (Å²) in [5.41, 5.74) is 3.20. The van der Waals surface area contributed by atoms with E-state index in [0.29, 0.717) is 6.61 Å². The molecule has 0 aliphatic carbocycles. The number of imidazole rings is 1. The Morgan fingerprint density at radius 2 is 1.79 bits per heavy atom. The zero-order valence-electron chi connectivity index (χ0n) is 14.4. The maximum atomic E-state index is 5.91. The number of rotatable bonds is 6. The highest BCUT2D eigenvalue weighted by Gasteiger charge is 2.05. The summed E-state index contributed by atoms with van der Waals surface area (Å²) >= 11 is 0. The van der Waals surface area contributed by atoms with E-state index in [9.17, 15) is 0 Å². The monoisotopic (exact) mass is 321 g/mol. The van der Waals surface area contributed by atoms with Crippen LogP contribution < -0.4 is 4.74 Å². The summed E-state index contributed by atoms with van der Waals surface area (Å²) in [6.45, 7) is 1.56. The highest BCUT2D eigenvalue weighted by molar-refractivity contribution is 5.80. The zero-order valence-corrected chi connectivity index (χ0v) is 14.4. The van der Waals surface area contributed by atoms with Gasteiger partial charge >= 0.3 is 0 Å². The number of aryl methyl sites for hydroxylation is 1. The van der Waals surface area contributed by atoms with Crippen molar-refractivity contribution < 1.29 is 4.74 Å². The standard InChI is InChI=1S/C20H23N3O/c1-22(2)14-15-24-19-11-7-4-8-16(19)12-13-20-21-17-9-5-6-10-18(17)23(20)3/h4-13H,14-15H2,1-3H3. The minimum absolute atomic E-state index is 0.671. The van der Waals surface area contributed by atoms with Gasteiger partial charge in [0, 0.05) is 19.2 Å². The second-order valence-corrected chi connectivity index (χ2v) is 6.04. The first-order valence-electron chi connectivity index (χ1n) is 8.11. The molecule has 0 aliphatic rings. The smallest absolute Gasteiger partial charge is 0.133 e. The molecule has 1 heterocycles. The summed E-state index contributed by atoms with van der Waals surface area (Å²) in [6, 6.07) is 16.2. The molecular weight excluding hydrogens is 298 g/mol. The van der Waals surface area contributed by atoms with E-state index in [1.54, 1.807) is 0 Å². The van der Waals surface area contributed by atoms with Crippen LogP contribution in [0.1, 0.15) is 11.4 Å². The van der Waals surface area contributed by atoms with Crippen molar-refractivity contribution in [1.29, 1.82) is 0 Å². The second kappa shape index (κ2) is 7.32. The molecule has 0 radical (unpaired) electrons. The van der Waals surface area contributed by atoms with Crippen molar-refractivity contribution in [1.82, 2.24) is 14.5 Å². The third-order valence-electron chi connectivity index (χ3n) is 3.95. The van der Waals surface area contributed by atoms with Gasteiger partial charge < -0.3 is 14.2 Å². The molecule has 2 aromatic carbocycles. The van der Waals surface area contributed by atoms with Gasteiger partial charge in [-0.25, -0.2) is 4.98 Å². The molecule has 0 N–H and O–H groups in total. The number of aromatic nitrogens is 2. The van der Waals surface area contributed by atoms with E-state index in [1.165, 1.54) is 0 Å². The van der Waals surface area contributed by atoms with Gasteiger partial charge in [0.2, 0.25) is 0 Å². The molecule has 0 atom stereocenters. The lowest BCUT2D eigenvalue weighted by atomic mass is 10.2. The molecular formula is C20H23N3O. The van der Waals surface area contributed by atoms with Crippen LogP contribution in [0.2, 0.25) is 0 Å². The predicted octanol–water partition coefficient (Wildman–Crippen LogP) is 3.68. The molecule has 4 nitrogen and oxygen atoms in total. The van der Waals surface area contributed by atoms with Gasteiger partial charge in [-0.2, -0.15) is 0 Å². The Morgan fingerprint density at radius 3 is 2.58 bits per heavy atom. The Bertz CT molecular complexity index is 849. The molecule has 0 aliphatic heterocycles. The van der Waals surface area contributed by atoms with Gasteiger partial charge in [-0.15, -0.1) is 0 Å². The van der Waals surface area contributed by atoms with Crippen molar-refractivity contribution in [3.63, 3.8) is 0 Å². The van der Waals surface area contributed by atoms with Crippen LogP contribution in [0.3, 0.4) is 0 Å². The van der Waals surface area contributed by atoms with E-state index in [1.807, 2.05) is 63.6 Å². The van der Waals surface area contributed by atoms with Crippen molar-refractivity contribution in [2.75, 3.05) is 27.2 Å². The van der Waals surface area contributed by atoms with E-state index >= 15 is 0 Å². The fourth-order valence-electron chi connectivity index (χ4n) is 2.57. The number of likely N-dealkylation sites (N-methyl/N-ethyl adjacent to an activating group) is 1. The van der Waals surface area contributed by atoms with Crippen LogP contribution in [0.25, 0.3) is 23.2 Å². The van der Waals surface area contributed by atoms with Crippen LogP contribution >= 0.6 is 0 Å². The van der Waals surface area contributed by atoms with Gasteiger partial charge in [0.1, 0.15) is 18.2 Å². The molecule has 0 saturated carbocycles. The first-order chi connectivity index (χ1) is 11.6. The fraction of sp³-hybridized carbons (Fsp3) is 0.250. The first kappa shape index (κ1) is 16.3. The van der Waals surface area contributed by atoms with Gasteiger partial charge in [-0.1, -0.05) is 30.3 Å². The summed E-state index contributed by atoms with van der Waals surface area (Å²) in [7, 11) is 6.12. The number of benzene rings is 2. The van der Waals surface area contributed by atoms with Crippen molar-refractivity contribution in [2.24, 2.45) is 7.05 Å². The topological polar surface area (TPSA) is 30.3 Å². The molecule has 3 rings (SSSR count). The molecule has 0 fully saturated rings. The Kier molecular flexibility index (Phi) is 4.96. The van der Waals surface area contributed by atoms with Crippen molar-refractivity contribution in [3.05, 3.63) is 59.9 Å². The molecule has 0 bridgehead atoms. The van der Waals surface area contributed by atoms with Gasteiger partial charge in [0.05, 0.1) is 11.0 Å². The zero-order chi connectivity index (χ0) is 16.9. The van der Waals surface area contributed by atoms with Gasteiger partial charge in [0.15, 0.2) is 0 Å². The average Bonchev–Trinajstić information content (AvgIpc) is 2.90. The Labute approximate surface area is 143 Å². The van der Waals surface area contributed by atoms with Crippen LogP contribution in [0.5, 0.6) is 5.75 Å². The molecule has 24 heavy (non-hydrogen) atoms. The van der Waals surface area contributed by atoms with E-state index in [0.717, 1.165) is 34.7 Å². The summed E-state index contributed by atoms with van der Waals surface area (Å²) in [5.74, 6) is 1.83. The molecule has 4 heteroatoms. The quantitative estimate of drug-likeness (QED) is 0.694. The highest BCUT2D eigenvalue weighted by atomic mass is 16.5. The van der Waals surface area contributed by atoms with E-state index in [2.05, 4.69) is 32.7 Å². The molecule has 3 aromatic rings. The van der Waals surface area contributed by atoms with Crippen molar-refractivity contribution in [3.8, 4) is 5.75 Å². The fourth-order valence-corrected chi connectivity index (χ4v) is 2.57.